The number of benzene rings is 4. The first-order valence-corrected chi connectivity index (χ1v) is 25.8. The quantitative estimate of drug-likeness (QED) is 0.0291. The maximum atomic E-state index is 12.4. The largest absolute Gasteiger partial charge is 2.00 e. The number of para-hydroxylation sites is 2. The van der Waals surface area contributed by atoms with Gasteiger partial charge in [0.25, 0.3) is 10.1 Å². The minimum absolute atomic E-state index is 0. The van der Waals surface area contributed by atoms with Crippen molar-refractivity contribution in [3.63, 3.8) is 0 Å². The SMILES string of the molecule is CCCCCCCCCCCCCc1ccc(Oc2ccccc2S(=O)(=O)O)c(O)c1.CCCCCCCCCCCCCc1ccc(Oc2ccccc2S(=O)(=O)[O-])c([O-])c1.[Ca+2]. The Balaban J connectivity index is 0.000000427. The van der Waals surface area contributed by atoms with Crippen molar-refractivity contribution in [2.24, 2.45) is 0 Å². The molecular formula is C50H70CaO10S2. The number of rotatable bonds is 30. The van der Waals surface area contributed by atoms with Gasteiger partial charge < -0.3 is 24.2 Å². The maximum absolute atomic E-state index is 12.4. The van der Waals surface area contributed by atoms with Crippen molar-refractivity contribution in [3.05, 3.63) is 96.1 Å². The van der Waals surface area contributed by atoms with E-state index in [-0.39, 0.29) is 77.1 Å². The van der Waals surface area contributed by atoms with Crippen molar-refractivity contribution >= 4 is 58.0 Å². The molecular weight excluding hydrogens is 865 g/mol. The molecule has 0 aliphatic heterocycles. The average molecular weight is 935 g/mol. The third-order valence-corrected chi connectivity index (χ3v) is 12.6. The van der Waals surface area contributed by atoms with E-state index in [0.717, 1.165) is 43.2 Å². The summed E-state index contributed by atoms with van der Waals surface area (Å²) in [6.45, 7) is 4.49. The van der Waals surface area contributed by atoms with Crippen LogP contribution in [0.5, 0.6) is 34.5 Å². The van der Waals surface area contributed by atoms with Crippen molar-refractivity contribution in [2.75, 3.05) is 0 Å². The van der Waals surface area contributed by atoms with E-state index in [2.05, 4.69) is 13.8 Å². The maximum Gasteiger partial charge on any atom is 2.00 e. The van der Waals surface area contributed by atoms with Crippen molar-refractivity contribution in [1.82, 2.24) is 0 Å². The zero-order valence-electron chi connectivity index (χ0n) is 37.7. The van der Waals surface area contributed by atoms with Crippen LogP contribution in [0.4, 0.5) is 0 Å². The summed E-state index contributed by atoms with van der Waals surface area (Å²) in [6.07, 6.45) is 30.0. The van der Waals surface area contributed by atoms with Crippen molar-refractivity contribution in [3.8, 4) is 34.5 Å². The second kappa shape index (κ2) is 31.9. The van der Waals surface area contributed by atoms with Crippen molar-refractivity contribution < 1.29 is 45.6 Å². The van der Waals surface area contributed by atoms with E-state index in [4.69, 9.17) is 9.47 Å². The van der Waals surface area contributed by atoms with Crippen LogP contribution in [-0.4, -0.2) is 68.8 Å². The predicted octanol–water partition coefficient (Wildman–Crippen LogP) is 13.2. The Kier molecular flexibility index (Phi) is 28.5. The summed E-state index contributed by atoms with van der Waals surface area (Å²) in [5.41, 5.74) is 1.96. The fraction of sp³-hybridized carbons (Fsp3) is 0.520. The number of unbranched alkanes of at least 4 members (excludes halogenated alkanes) is 20. The molecule has 0 aliphatic carbocycles. The Hall–Kier alpha value is -2.84. The van der Waals surface area contributed by atoms with E-state index in [1.165, 1.54) is 164 Å². The van der Waals surface area contributed by atoms with Gasteiger partial charge >= 0.3 is 37.7 Å². The first-order chi connectivity index (χ1) is 29.8. The number of aromatic hydroxyl groups is 1. The van der Waals surface area contributed by atoms with Gasteiger partial charge in [0.15, 0.2) is 11.5 Å². The van der Waals surface area contributed by atoms with E-state index in [1.807, 2.05) is 12.1 Å². The van der Waals surface area contributed by atoms with Crippen LogP contribution in [0, 0.1) is 0 Å². The Bertz CT molecular complexity index is 1940. The summed E-state index contributed by atoms with van der Waals surface area (Å²) in [6, 6.07) is 21.4. The van der Waals surface area contributed by atoms with Crippen LogP contribution in [0.3, 0.4) is 0 Å². The Labute approximate surface area is 408 Å². The van der Waals surface area contributed by atoms with Gasteiger partial charge in [-0.1, -0.05) is 190 Å². The van der Waals surface area contributed by atoms with E-state index in [9.17, 15) is 36.2 Å². The van der Waals surface area contributed by atoms with Gasteiger partial charge in [-0.2, -0.15) is 8.42 Å². The van der Waals surface area contributed by atoms with E-state index >= 15 is 0 Å². The molecule has 4 aromatic rings. The molecule has 63 heavy (non-hydrogen) atoms. The van der Waals surface area contributed by atoms with Gasteiger partial charge in [-0.3, -0.25) is 4.55 Å². The van der Waals surface area contributed by atoms with Crippen LogP contribution >= 0.6 is 0 Å². The second-order valence-electron chi connectivity index (χ2n) is 16.2. The summed E-state index contributed by atoms with van der Waals surface area (Å²) < 4.78 is 77.3. The van der Waals surface area contributed by atoms with Crippen molar-refractivity contribution in [2.45, 2.75) is 178 Å². The summed E-state index contributed by atoms with van der Waals surface area (Å²) in [4.78, 5) is -0.807. The Morgan fingerprint density at radius 2 is 0.841 bits per heavy atom. The van der Waals surface area contributed by atoms with Gasteiger partial charge in [0.1, 0.15) is 32.3 Å². The number of phenolic OH excluding ortho intramolecular Hbond substituents is 1. The van der Waals surface area contributed by atoms with Crippen molar-refractivity contribution in [1.29, 1.82) is 0 Å². The molecule has 344 valence electrons. The third-order valence-electron chi connectivity index (χ3n) is 10.9. The van der Waals surface area contributed by atoms with Gasteiger partial charge in [-0.05, 0) is 79.3 Å². The smallest absolute Gasteiger partial charge is 0.870 e. The van der Waals surface area contributed by atoms with Gasteiger partial charge in [-0.15, -0.1) is 0 Å². The number of hydrogen-bond donors (Lipinski definition) is 2. The summed E-state index contributed by atoms with van der Waals surface area (Å²) in [5.74, 6) is -0.368. The molecule has 0 saturated carbocycles. The van der Waals surface area contributed by atoms with Crippen LogP contribution in [0.25, 0.3) is 0 Å². The molecule has 0 bridgehead atoms. The first-order valence-electron chi connectivity index (χ1n) is 22.9. The van der Waals surface area contributed by atoms with Crippen LogP contribution < -0.4 is 14.6 Å². The van der Waals surface area contributed by atoms with Gasteiger partial charge in [0.05, 0.1) is 4.90 Å². The molecule has 0 unspecified atom stereocenters. The van der Waals surface area contributed by atoms with Gasteiger partial charge in [0, 0.05) is 0 Å². The second-order valence-corrected chi connectivity index (χ2v) is 18.9. The van der Waals surface area contributed by atoms with Gasteiger partial charge in [0.2, 0.25) is 0 Å². The number of aryl methyl sites for hydroxylation is 2. The van der Waals surface area contributed by atoms with Crippen LogP contribution in [0.2, 0.25) is 0 Å². The fourth-order valence-corrected chi connectivity index (χ4v) is 8.53. The third kappa shape index (κ3) is 23.3. The topological polar surface area (TPSA) is 173 Å². The molecule has 0 radical (unpaired) electrons. The van der Waals surface area contributed by atoms with Gasteiger partial charge in [-0.25, -0.2) is 8.42 Å². The molecule has 10 nitrogen and oxygen atoms in total. The molecule has 13 heteroatoms. The zero-order valence-corrected chi connectivity index (χ0v) is 41.6. The molecule has 4 rings (SSSR count). The molecule has 0 spiro atoms. The Morgan fingerprint density at radius 3 is 1.25 bits per heavy atom. The molecule has 0 heterocycles. The van der Waals surface area contributed by atoms with E-state index in [0.29, 0.717) is 0 Å². The standard InChI is InChI=1S/2C25H36O5S.Ca/c2*1-2-3-4-5-6-7-8-9-10-11-12-15-21-18-19-23(22(26)20-21)30-24-16-13-14-17-25(24)31(27,28)29;/h2*13-14,16-20,26H,2-12,15H2,1H3,(H,27,28,29);/q;;+2/p-2. The fourth-order valence-electron chi connectivity index (χ4n) is 7.31. The molecule has 4 aromatic carbocycles. The monoisotopic (exact) mass is 934 g/mol. The van der Waals surface area contributed by atoms with Crippen LogP contribution in [0.15, 0.2) is 94.7 Å². The molecule has 0 atom stereocenters. The summed E-state index contributed by atoms with van der Waals surface area (Å²) in [7, 11) is -9.09. The Morgan fingerprint density at radius 1 is 0.476 bits per heavy atom. The molecule has 0 saturated heterocycles. The summed E-state index contributed by atoms with van der Waals surface area (Å²) >= 11 is 0. The summed E-state index contributed by atoms with van der Waals surface area (Å²) in [5, 5.41) is 22.6. The van der Waals surface area contributed by atoms with E-state index in [1.54, 1.807) is 30.3 Å². The van der Waals surface area contributed by atoms with Crippen LogP contribution in [0.1, 0.15) is 166 Å². The molecule has 0 amide bonds. The van der Waals surface area contributed by atoms with E-state index < -0.39 is 25.1 Å². The minimum Gasteiger partial charge on any atom is -0.870 e. The number of ether oxygens (including phenoxy) is 2. The normalized spacial score (nSPS) is 11.4. The molecule has 0 aromatic heterocycles. The zero-order chi connectivity index (χ0) is 45.1. The molecule has 2 N–H and O–H groups in total. The number of phenols is 1. The minimum atomic E-state index is -4.68. The first kappa shape index (κ1) is 56.3. The molecule has 0 aliphatic rings. The predicted molar refractivity (Wildman–Crippen MR) is 251 cm³/mol. The molecule has 0 fully saturated rings. The number of hydrogen-bond acceptors (Lipinski definition) is 9. The average Bonchev–Trinajstić information content (AvgIpc) is 3.23. The van der Waals surface area contributed by atoms with Crippen LogP contribution in [-0.2, 0) is 33.1 Å².